The van der Waals surface area contributed by atoms with Crippen LogP contribution in [0.2, 0.25) is 0 Å². The minimum Gasteiger partial charge on any atom is -0.338 e. The Kier molecular flexibility index (Phi) is 4.81. The molecule has 0 aromatic heterocycles. The van der Waals surface area contributed by atoms with Crippen molar-refractivity contribution in [3.63, 3.8) is 0 Å². The number of hydrogen-bond donors (Lipinski definition) is 2. The number of fused-ring (bicyclic) bond motifs is 1. The molecule has 0 spiro atoms. The molecule has 1 saturated heterocycles. The van der Waals surface area contributed by atoms with Gasteiger partial charge < -0.3 is 4.90 Å². The first kappa shape index (κ1) is 17.8. The van der Waals surface area contributed by atoms with Crippen LogP contribution in [0.3, 0.4) is 0 Å². The number of hydrazine groups is 1. The molecule has 2 aliphatic heterocycles. The normalized spacial score (nSPS) is 16.9. The molecule has 1 fully saturated rings. The summed E-state index contributed by atoms with van der Waals surface area (Å²) in [7, 11) is 0. The highest BCUT2D eigenvalue weighted by Crippen LogP contribution is 2.31. The number of likely N-dealkylation sites (tertiary alicyclic amines) is 1. The fourth-order valence-electron chi connectivity index (χ4n) is 3.46. The van der Waals surface area contributed by atoms with E-state index in [4.69, 9.17) is 0 Å². The first-order chi connectivity index (χ1) is 13.7. The third-order valence-corrected chi connectivity index (χ3v) is 4.99. The van der Waals surface area contributed by atoms with E-state index in [9.17, 15) is 10.1 Å². The molecule has 0 unspecified atom stereocenters. The zero-order valence-electron chi connectivity index (χ0n) is 15.7. The number of carbonyl (C=O) groups is 1. The predicted molar refractivity (Wildman–Crippen MR) is 109 cm³/mol. The Morgan fingerprint density at radius 1 is 1.04 bits per heavy atom. The second-order valence-corrected chi connectivity index (χ2v) is 6.96. The molecule has 2 aromatic carbocycles. The zero-order valence-corrected chi connectivity index (χ0v) is 15.7. The highest BCUT2D eigenvalue weighted by Gasteiger charge is 2.29. The molecule has 0 saturated carbocycles. The average Bonchev–Trinajstić information content (AvgIpc) is 3.37. The number of hydrogen-bond acceptors (Lipinski definition) is 5. The molecule has 4 rings (SSSR count). The van der Waals surface area contributed by atoms with E-state index >= 15 is 0 Å². The van der Waals surface area contributed by atoms with Crippen LogP contribution < -0.4 is 10.9 Å². The number of carbonyl (C=O) groups excluding carboxylic acids is 1. The van der Waals surface area contributed by atoms with Gasteiger partial charge in [0.2, 0.25) is 0 Å². The smallest absolute Gasteiger partial charge is 0.266 e. The minimum absolute atomic E-state index is 0.0986. The number of aryl methyl sites for hydroxylation is 1. The van der Waals surface area contributed by atoms with Gasteiger partial charge in [0.1, 0.15) is 11.6 Å². The lowest BCUT2D eigenvalue weighted by Crippen LogP contribution is -2.29. The number of nitriles is 1. The van der Waals surface area contributed by atoms with Gasteiger partial charge in [-0.25, -0.2) is 4.99 Å². The van der Waals surface area contributed by atoms with Gasteiger partial charge in [0, 0.05) is 24.2 Å². The Labute approximate surface area is 164 Å². The molecule has 2 heterocycles. The number of benzene rings is 2. The van der Waals surface area contributed by atoms with Gasteiger partial charge in [0.15, 0.2) is 5.84 Å². The van der Waals surface area contributed by atoms with Gasteiger partial charge in [-0.15, -0.1) is 0 Å². The Bertz CT molecular complexity index is 1010. The second-order valence-electron chi connectivity index (χ2n) is 6.96. The fraction of sp³-hybridized carbons (Fsp3) is 0.227. The van der Waals surface area contributed by atoms with Crippen LogP contribution in [0.4, 0.5) is 5.69 Å². The maximum atomic E-state index is 12.8. The molecule has 6 nitrogen and oxygen atoms in total. The molecule has 140 valence electrons. The van der Waals surface area contributed by atoms with Crippen LogP contribution >= 0.6 is 0 Å². The van der Waals surface area contributed by atoms with Gasteiger partial charge >= 0.3 is 0 Å². The number of rotatable bonds is 3. The quantitative estimate of drug-likeness (QED) is 0.493. The van der Waals surface area contributed by atoms with Crippen molar-refractivity contribution in [1.82, 2.24) is 10.3 Å². The van der Waals surface area contributed by atoms with Crippen LogP contribution in [0.15, 0.2) is 59.1 Å². The fourth-order valence-corrected chi connectivity index (χ4v) is 3.46. The third-order valence-electron chi connectivity index (χ3n) is 4.99. The molecule has 0 aliphatic carbocycles. The Morgan fingerprint density at radius 2 is 1.71 bits per heavy atom. The van der Waals surface area contributed by atoms with Crippen molar-refractivity contribution in [2.75, 3.05) is 18.5 Å². The van der Waals surface area contributed by atoms with Crippen LogP contribution in [-0.4, -0.2) is 29.7 Å². The van der Waals surface area contributed by atoms with Crippen molar-refractivity contribution >= 4 is 23.1 Å². The standard InChI is InChI=1S/C22H21N5O/c1-15-8-10-16(11-9-15)25-26-21-18-7-3-2-6-17(18)20(24-21)19(14-23)22(28)27-12-4-5-13-27/h2-3,6-11,25H,4-5,12-13H2,1H3,(H,24,26)/b20-19+. The van der Waals surface area contributed by atoms with Gasteiger partial charge in [-0.3, -0.25) is 15.6 Å². The largest absolute Gasteiger partial charge is 0.338 e. The molecule has 0 radical (unpaired) electrons. The Morgan fingerprint density at radius 3 is 2.39 bits per heavy atom. The van der Waals surface area contributed by atoms with E-state index in [1.807, 2.05) is 55.5 Å². The number of nitrogens with zero attached hydrogens (tertiary/aromatic N) is 3. The molecule has 0 bridgehead atoms. The van der Waals surface area contributed by atoms with E-state index < -0.39 is 0 Å². The molecule has 0 atom stereocenters. The van der Waals surface area contributed by atoms with E-state index in [0.717, 1.165) is 29.7 Å². The predicted octanol–water partition coefficient (Wildman–Crippen LogP) is 3.23. The molecule has 28 heavy (non-hydrogen) atoms. The summed E-state index contributed by atoms with van der Waals surface area (Å²) in [6, 6.07) is 17.7. The van der Waals surface area contributed by atoms with Gasteiger partial charge in [0.25, 0.3) is 5.91 Å². The van der Waals surface area contributed by atoms with Crippen molar-refractivity contribution in [1.29, 1.82) is 5.26 Å². The van der Waals surface area contributed by atoms with Crippen molar-refractivity contribution in [3.05, 3.63) is 70.8 Å². The molecule has 2 aliphatic rings. The average molecular weight is 371 g/mol. The first-order valence-electron chi connectivity index (χ1n) is 9.38. The van der Waals surface area contributed by atoms with E-state index in [-0.39, 0.29) is 11.5 Å². The van der Waals surface area contributed by atoms with Gasteiger partial charge in [-0.1, -0.05) is 42.0 Å². The topological polar surface area (TPSA) is 80.5 Å². The van der Waals surface area contributed by atoms with Crippen LogP contribution in [0, 0.1) is 18.3 Å². The summed E-state index contributed by atoms with van der Waals surface area (Å²) >= 11 is 0. The summed E-state index contributed by atoms with van der Waals surface area (Å²) in [4.78, 5) is 19.2. The van der Waals surface area contributed by atoms with Crippen LogP contribution in [0.1, 0.15) is 29.5 Å². The van der Waals surface area contributed by atoms with Gasteiger partial charge in [0.05, 0.1) is 11.4 Å². The zero-order chi connectivity index (χ0) is 19.5. The molecular weight excluding hydrogens is 350 g/mol. The van der Waals surface area contributed by atoms with Gasteiger partial charge in [-0.05, 0) is 31.9 Å². The highest BCUT2D eigenvalue weighted by molar-refractivity contribution is 6.15. The molecule has 2 aromatic rings. The summed E-state index contributed by atoms with van der Waals surface area (Å²) in [6.07, 6.45) is 1.96. The maximum Gasteiger partial charge on any atom is 0.266 e. The molecular formula is C22H21N5O. The molecule has 2 N–H and O–H groups in total. The van der Waals surface area contributed by atoms with E-state index in [0.29, 0.717) is 24.6 Å². The number of amides is 1. The van der Waals surface area contributed by atoms with Crippen molar-refractivity contribution < 1.29 is 4.79 Å². The van der Waals surface area contributed by atoms with Crippen molar-refractivity contribution in [3.8, 4) is 6.07 Å². The Hall–Kier alpha value is -3.59. The van der Waals surface area contributed by atoms with Crippen LogP contribution in [0.25, 0.3) is 5.70 Å². The number of anilines is 1. The third kappa shape index (κ3) is 3.35. The monoisotopic (exact) mass is 371 g/mol. The summed E-state index contributed by atoms with van der Waals surface area (Å²) in [6.45, 7) is 3.43. The number of aliphatic imine (C=N–C) groups is 1. The number of amidine groups is 1. The Balaban J connectivity index is 1.66. The molecule has 1 amide bonds. The summed E-state index contributed by atoms with van der Waals surface area (Å²) in [5.74, 6) is 0.356. The van der Waals surface area contributed by atoms with Crippen molar-refractivity contribution in [2.45, 2.75) is 19.8 Å². The van der Waals surface area contributed by atoms with Gasteiger partial charge in [-0.2, -0.15) is 5.26 Å². The highest BCUT2D eigenvalue weighted by atomic mass is 16.2. The van der Waals surface area contributed by atoms with Crippen LogP contribution in [0.5, 0.6) is 0 Å². The number of nitrogens with one attached hydrogen (secondary N) is 2. The maximum absolute atomic E-state index is 12.8. The lowest BCUT2D eigenvalue weighted by molar-refractivity contribution is -0.125. The first-order valence-corrected chi connectivity index (χ1v) is 9.38. The van der Waals surface area contributed by atoms with Crippen LogP contribution in [-0.2, 0) is 4.79 Å². The lowest BCUT2D eigenvalue weighted by Gasteiger charge is -2.15. The summed E-state index contributed by atoms with van der Waals surface area (Å²) < 4.78 is 0. The SMILES string of the molecule is Cc1ccc(NNC2=N/C(=C(\C#N)C(=O)N3CCCC3)c3ccccc32)cc1. The minimum atomic E-state index is -0.235. The van der Waals surface area contributed by atoms with E-state index in [1.165, 1.54) is 5.56 Å². The van der Waals surface area contributed by atoms with E-state index in [1.54, 1.807) is 4.90 Å². The lowest BCUT2D eigenvalue weighted by atomic mass is 10.0. The van der Waals surface area contributed by atoms with E-state index in [2.05, 4.69) is 21.9 Å². The summed E-state index contributed by atoms with van der Waals surface area (Å²) in [5, 5.41) is 9.70. The summed E-state index contributed by atoms with van der Waals surface area (Å²) in [5.41, 5.74) is 10.5. The molecule has 6 heteroatoms. The van der Waals surface area contributed by atoms with Crippen molar-refractivity contribution in [2.24, 2.45) is 4.99 Å². The second kappa shape index (κ2) is 7.57.